The van der Waals surface area contributed by atoms with Crippen LogP contribution < -0.4 is 10.2 Å². The van der Waals surface area contributed by atoms with Gasteiger partial charge >= 0.3 is 0 Å². The van der Waals surface area contributed by atoms with Gasteiger partial charge in [-0.1, -0.05) is 11.6 Å². The zero-order valence-corrected chi connectivity index (χ0v) is 15.7. The van der Waals surface area contributed by atoms with Gasteiger partial charge in [0.15, 0.2) is 17.5 Å². The monoisotopic (exact) mass is 406 g/mol. The van der Waals surface area contributed by atoms with Gasteiger partial charge in [0.25, 0.3) is 0 Å². The van der Waals surface area contributed by atoms with E-state index in [1.54, 1.807) is 19.2 Å². The molecule has 2 atom stereocenters. The average Bonchev–Trinajstić information content (AvgIpc) is 3.26. The zero-order valence-electron chi connectivity index (χ0n) is 14.9. The Kier molecular flexibility index (Phi) is 4.84. The number of carbonyl (C=O) groups is 1. The van der Waals surface area contributed by atoms with Gasteiger partial charge in [-0.2, -0.15) is 0 Å². The number of carbonyl (C=O) groups excluding carboxylic acids is 1. The Morgan fingerprint density at radius 2 is 2.25 bits per heavy atom. The van der Waals surface area contributed by atoms with E-state index < -0.39 is 18.0 Å². The van der Waals surface area contributed by atoms with Crippen molar-refractivity contribution in [2.45, 2.75) is 25.6 Å². The van der Waals surface area contributed by atoms with Crippen LogP contribution in [0, 0.1) is 5.82 Å². The number of anilines is 1. The fourth-order valence-corrected chi connectivity index (χ4v) is 3.57. The maximum atomic E-state index is 14.5. The summed E-state index contributed by atoms with van der Waals surface area (Å²) < 4.78 is 28.6. The van der Waals surface area contributed by atoms with Gasteiger partial charge in [0.05, 0.1) is 17.8 Å². The number of fused-ring (bicyclic) bond motifs is 1. The third-order valence-electron chi connectivity index (χ3n) is 4.64. The van der Waals surface area contributed by atoms with Gasteiger partial charge in [-0.15, -0.1) is 0 Å². The zero-order chi connectivity index (χ0) is 19.8. The van der Waals surface area contributed by atoms with Gasteiger partial charge in [0.1, 0.15) is 17.9 Å². The van der Waals surface area contributed by atoms with Crippen LogP contribution >= 0.6 is 11.6 Å². The van der Waals surface area contributed by atoms with Crippen molar-refractivity contribution in [2.24, 2.45) is 0 Å². The molecule has 0 spiro atoms. The Morgan fingerprint density at radius 1 is 1.43 bits per heavy atom. The molecule has 10 heteroatoms. The molecule has 28 heavy (non-hydrogen) atoms. The number of H-pyrrole nitrogens is 1. The first kappa shape index (κ1) is 18.5. The third-order valence-corrected chi connectivity index (χ3v) is 4.85. The van der Waals surface area contributed by atoms with E-state index in [1.165, 1.54) is 11.1 Å². The smallest absolute Gasteiger partial charge is 0.242 e. The Labute approximate surface area is 164 Å². The average molecular weight is 407 g/mol. The molecule has 1 saturated heterocycles. The van der Waals surface area contributed by atoms with Crippen LogP contribution in [-0.2, 0) is 4.79 Å². The minimum atomic E-state index is -1.25. The predicted molar refractivity (Wildman–Crippen MR) is 101 cm³/mol. The Hall–Kier alpha value is -2.81. The highest BCUT2D eigenvalue weighted by Crippen LogP contribution is 2.32. The Morgan fingerprint density at radius 3 is 3.04 bits per heavy atom. The number of nitrogens with zero attached hydrogens (tertiary/aromatic N) is 4. The lowest BCUT2D eigenvalue weighted by Crippen LogP contribution is -2.44. The number of nitrogens with one attached hydrogen (secondary N) is 2. The molecule has 3 aromatic rings. The van der Waals surface area contributed by atoms with E-state index in [-0.39, 0.29) is 30.5 Å². The van der Waals surface area contributed by atoms with Crippen molar-refractivity contribution in [3.05, 3.63) is 35.5 Å². The molecule has 0 radical (unpaired) electrons. The molecule has 0 aromatic carbocycles. The van der Waals surface area contributed by atoms with Crippen LogP contribution in [0.4, 0.5) is 14.6 Å². The topological polar surface area (TPSA) is 86.8 Å². The van der Waals surface area contributed by atoms with Gasteiger partial charge < -0.3 is 15.2 Å². The Bertz CT molecular complexity index is 1040. The minimum absolute atomic E-state index is 0.0166. The van der Waals surface area contributed by atoms with Crippen molar-refractivity contribution in [2.75, 3.05) is 18.0 Å². The maximum Gasteiger partial charge on any atom is 0.242 e. The van der Waals surface area contributed by atoms with Crippen LogP contribution in [0.25, 0.3) is 22.4 Å². The van der Waals surface area contributed by atoms with Gasteiger partial charge in [-0.25, -0.2) is 23.7 Å². The largest absolute Gasteiger partial charge is 0.355 e. The molecule has 0 aliphatic carbocycles. The van der Waals surface area contributed by atoms with Crippen LogP contribution in [0.1, 0.15) is 13.3 Å². The summed E-state index contributed by atoms with van der Waals surface area (Å²) in [5.41, 5.74) is 1.16. The van der Waals surface area contributed by atoms with Crippen molar-refractivity contribution in [1.29, 1.82) is 0 Å². The van der Waals surface area contributed by atoms with Crippen molar-refractivity contribution >= 4 is 34.4 Å². The fraction of sp³-hybridized carbons (Fsp3) is 0.333. The number of likely N-dealkylation sites (N-methyl/N-ethyl adjacent to an activating group) is 1. The van der Waals surface area contributed by atoms with Crippen LogP contribution in [0.5, 0.6) is 0 Å². The number of alkyl halides is 1. The lowest BCUT2D eigenvalue weighted by atomic mass is 10.2. The molecule has 146 valence electrons. The van der Waals surface area contributed by atoms with Crippen LogP contribution in [0.15, 0.2) is 24.7 Å². The molecule has 7 nitrogen and oxygen atoms in total. The molecule has 0 unspecified atom stereocenters. The van der Waals surface area contributed by atoms with Crippen LogP contribution in [0.3, 0.4) is 0 Å². The van der Waals surface area contributed by atoms with Crippen LogP contribution in [0.2, 0.25) is 5.02 Å². The number of hydrogen-bond donors (Lipinski definition) is 2. The lowest BCUT2D eigenvalue weighted by Gasteiger charge is -2.24. The molecule has 2 N–H and O–H groups in total. The predicted octanol–water partition coefficient (Wildman–Crippen LogP) is 2.87. The third kappa shape index (κ3) is 3.26. The Balaban J connectivity index is 1.76. The second kappa shape index (κ2) is 7.31. The molecule has 3 aromatic heterocycles. The maximum absolute atomic E-state index is 14.5. The SMILES string of the molecule is CCNC(=O)[C@H]1C[C@H](F)CN1c1nc(-c2c[nH]c3ncc(Cl)cc23)ncc1F. The molecule has 1 fully saturated rings. The van der Waals surface area contributed by atoms with Gasteiger partial charge in [0, 0.05) is 36.3 Å². The van der Waals surface area contributed by atoms with Crippen molar-refractivity contribution in [3.8, 4) is 11.4 Å². The van der Waals surface area contributed by atoms with E-state index in [4.69, 9.17) is 11.6 Å². The van der Waals surface area contributed by atoms with E-state index in [0.717, 1.165) is 6.20 Å². The molecule has 4 rings (SSSR count). The van der Waals surface area contributed by atoms with Gasteiger partial charge in [0.2, 0.25) is 5.91 Å². The van der Waals surface area contributed by atoms with Gasteiger partial charge in [-0.3, -0.25) is 4.79 Å². The summed E-state index contributed by atoms with van der Waals surface area (Å²) in [6, 6.07) is 0.874. The number of aromatic nitrogens is 4. The van der Waals surface area contributed by atoms with Gasteiger partial charge in [-0.05, 0) is 13.0 Å². The van der Waals surface area contributed by atoms with Crippen LogP contribution in [-0.4, -0.2) is 51.1 Å². The number of rotatable bonds is 4. The van der Waals surface area contributed by atoms with E-state index in [9.17, 15) is 13.6 Å². The highest BCUT2D eigenvalue weighted by Gasteiger charge is 2.39. The molecule has 1 aliphatic heterocycles. The summed E-state index contributed by atoms with van der Waals surface area (Å²) in [7, 11) is 0. The first-order chi connectivity index (χ1) is 13.5. The summed E-state index contributed by atoms with van der Waals surface area (Å²) in [5, 5.41) is 3.77. The summed E-state index contributed by atoms with van der Waals surface area (Å²) in [4.78, 5) is 29.2. The second-order valence-corrected chi connectivity index (χ2v) is 6.95. The fourth-order valence-electron chi connectivity index (χ4n) is 3.41. The summed E-state index contributed by atoms with van der Waals surface area (Å²) in [5.74, 6) is -0.956. The summed E-state index contributed by atoms with van der Waals surface area (Å²) >= 11 is 6.02. The second-order valence-electron chi connectivity index (χ2n) is 6.51. The first-order valence-electron chi connectivity index (χ1n) is 8.82. The van der Waals surface area contributed by atoms with E-state index >= 15 is 0 Å². The van der Waals surface area contributed by atoms with E-state index in [0.29, 0.717) is 28.2 Å². The number of hydrogen-bond acceptors (Lipinski definition) is 5. The quantitative estimate of drug-likeness (QED) is 0.695. The lowest BCUT2D eigenvalue weighted by molar-refractivity contribution is -0.122. The molecule has 0 saturated carbocycles. The summed E-state index contributed by atoms with van der Waals surface area (Å²) in [6.45, 7) is 2.06. The first-order valence-corrected chi connectivity index (χ1v) is 9.19. The number of amides is 1. The molecule has 0 bridgehead atoms. The molecule has 1 amide bonds. The van der Waals surface area contributed by atoms with E-state index in [2.05, 4.69) is 25.3 Å². The number of halogens is 3. The highest BCUT2D eigenvalue weighted by atomic mass is 35.5. The molecular formula is C18H17ClF2N6O. The molecular weight excluding hydrogens is 390 g/mol. The van der Waals surface area contributed by atoms with Crippen molar-refractivity contribution in [1.82, 2.24) is 25.3 Å². The van der Waals surface area contributed by atoms with E-state index in [1.807, 2.05) is 0 Å². The number of aromatic amines is 1. The standard InChI is InChI=1S/C18H17ClF2N6O/c1-2-22-18(28)14-4-10(20)8-27(14)17-13(21)7-25-16(26-17)12-6-24-15-11(12)3-9(19)5-23-15/h3,5-7,10,14H,2,4,8H2,1H3,(H,22,28)(H,23,24)/t10-,14+/m0/s1. The molecule has 1 aliphatic rings. The molecule has 4 heterocycles. The van der Waals surface area contributed by atoms with Crippen molar-refractivity contribution < 1.29 is 13.6 Å². The number of pyridine rings is 1. The summed E-state index contributed by atoms with van der Waals surface area (Å²) in [6.07, 6.45) is 2.91. The minimum Gasteiger partial charge on any atom is -0.355 e. The highest BCUT2D eigenvalue weighted by molar-refractivity contribution is 6.31. The normalized spacial score (nSPS) is 19.4. The van der Waals surface area contributed by atoms with Crippen molar-refractivity contribution in [3.63, 3.8) is 0 Å².